The monoisotopic (exact) mass is 390 g/mol. The van der Waals surface area contributed by atoms with Crippen LogP contribution in [0.15, 0.2) is 45.8 Å². The maximum Gasteiger partial charge on any atom is 0.264 e. The number of rotatable bonds is 3. The number of H-pyrrole nitrogens is 1. The number of nitriles is 1. The van der Waals surface area contributed by atoms with Gasteiger partial charge in [0.05, 0.1) is 27.6 Å². The number of hydrogen-bond acceptors (Lipinski definition) is 4. The van der Waals surface area contributed by atoms with E-state index >= 15 is 0 Å². The van der Waals surface area contributed by atoms with Crippen LogP contribution < -0.4 is 4.72 Å². The molecule has 0 amide bonds. The molecule has 23 heavy (non-hydrogen) atoms. The number of halogens is 1. The normalized spacial score (nSPS) is 11.3. The van der Waals surface area contributed by atoms with E-state index in [-0.39, 0.29) is 10.8 Å². The van der Waals surface area contributed by atoms with E-state index in [1.165, 1.54) is 18.2 Å². The Morgan fingerprint density at radius 2 is 2.04 bits per heavy atom. The third-order valence-corrected chi connectivity index (χ3v) is 5.26. The molecule has 0 saturated carbocycles. The zero-order chi connectivity index (χ0) is 16.6. The van der Waals surface area contributed by atoms with E-state index in [1.54, 1.807) is 13.0 Å². The van der Waals surface area contributed by atoms with E-state index in [1.807, 2.05) is 18.2 Å². The number of sulfonamides is 1. The molecule has 0 saturated heterocycles. The van der Waals surface area contributed by atoms with Gasteiger partial charge in [-0.15, -0.1) is 0 Å². The van der Waals surface area contributed by atoms with Crippen LogP contribution in [0.25, 0.3) is 11.0 Å². The predicted octanol–water partition coefficient (Wildman–Crippen LogP) is 3.31. The van der Waals surface area contributed by atoms with Crippen LogP contribution in [0.4, 0.5) is 5.95 Å². The number of anilines is 1. The third kappa shape index (κ3) is 3.06. The Hall–Kier alpha value is -2.37. The molecule has 6 nitrogen and oxygen atoms in total. The fraction of sp³-hybridized carbons (Fsp3) is 0.0667. The van der Waals surface area contributed by atoms with Crippen LogP contribution >= 0.6 is 15.9 Å². The molecular weight excluding hydrogens is 380 g/mol. The topological polar surface area (TPSA) is 98.6 Å². The van der Waals surface area contributed by atoms with E-state index in [9.17, 15) is 8.42 Å². The van der Waals surface area contributed by atoms with E-state index in [0.717, 1.165) is 4.47 Å². The third-order valence-electron chi connectivity index (χ3n) is 3.27. The molecule has 1 aromatic heterocycles. The van der Waals surface area contributed by atoms with Crippen molar-refractivity contribution in [1.29, 1.82) is 5.26 Å². The zero-order valence-corrected chi connectivity index (χ0v) is 14.4. The summed E-state index contributed by atoms with van der Waals surface area (Å²) >= 11 is 3.35. The summed E-state index contributed by atoms with van der Waals surface area (Å²) in [7, 11) is -3.79. The Labute approximate surface area is 141 Å². The van der Waals surface area contributed by atoms with Gasteiger partial charge >= 0.3 is 0 Å². The van der Waals surface area contributed by atoms with E-state index in [4.69, 9.17) is 5.26 Å². The van der Waals surface area contributed by atoms with Gasteiger partial charge in [0, 0.05) is 4.47 Å². The summed E-state index contributed by atoms with van der Waals surface area (Å²) in [5.41, 5.74) is 2.28. The standard InChI is InChI=1S/C15H11BrN4O2S/c1-9-6-10(8-17)2-5-14(9)23(21,22)20-15-18-12-4-3-11(16)7-13(12)19-15/h2-7H,1H3,(H2,18,19,20). The number of benzene rings is 2. The molecule has 3 rings (SSSR count). The summed E-state index contributed by atoms with van der Waals surface area (Å²) < 4.78 is 28.3. The quantitative estimate of drug-likeness (QED) is 0.716. The van der Waals surface area contributed by atoms with Crippen LogP contribution in [-0.2, 0) is 10.0 Å². The number of fused-ring (bicyclic) bond motifs is 1. The average molecular weight is 391 g/mol. The maximum absolute atomic E-state index is 12.5. The highest BCUT2D eigenvalue weighted by molar-refractivity contribution is 9.10. The van der Waals surface area contributed by atoms with E-state index < -0.39 is 10.0 Å². The largest absolute Gasteiger partial charge is 0.323 e. The molecule has 2 N–H and O–H groups in total. The minimum absolute atomic E-state index is 0.109. The molecule has 0 atom stereocenters. The van der Waals surface area contributed by atoms with E-state index in [2.05, 4.69) is 30.6 Å². The van der Waals surface area contributed by atoms with Crippen molar-refractivity contribution in [2.45, 2.75) is 11.8 Å². The lowest BCUT2D eigenvalue weighted by Crippen LogP contribution is -2.15. The van der Waals surface area contributed by atoms with Crippen molar-refractivity contribution < 1.29 is 8.42 Å². The second-order valence-electron chi connectivity index (χ2n) is 4.94. The van der Waals surface area contributed by atoms with Crippen molar-refractivity contribution >= 4 is 42.9 Å². The summed E-state index contributed by atoms with van der Waals surface area (Å²) in [6, 6.07) is 11.8. The van der Waals surface area contributed by atoms with Gasteiger partial charge in [-0.2, -0.15) is 5.26 Å². The highest BCUT2D eigenvalue weighted by atomic mass is 79.9. The molecule has 1 heterocycles. The van der Waals surface area contributed by atoms with E-state index in [0.29, 0.717) is 22.2 Å². The van der Waals surface area contributed by atoms with Gasteiger partial charge in [-0.3, -0.25) is 0 Å². The molecule has 0 unspecified atom stereocenters. The summed E-state index contributed by atoms with van der Waals surface area (Å²) in [5.74, 6) is 0.141. The Bertz CT molecular complexity index is 1050. The highest BCUT2D eigenvalue weighted by Gasteiger charge is 2.19. The first kappa shape index (κ1) is 15.5. The minimum atomic E-state index is -3.79. The van der Waals surface area contributed by atoms with Crippen LogP contribution in [0.3, 0.4) is 0 Å². The van der Waals surface area contributed by atoms with Crippen LogP contribution in [0.2, 0.25) is 0 Å². The molecule has 0 spiro atoms. The van der Waals surface area contributed by atoms with Gasteiger partial charge in [0.2, 0.25) is 5.95 Å². The molecule has 3 aromatic rings. The smallest absolute Gasteiger partial charge is 0.264 e. The number of aromatic nitrogens is 2. The molecule has 0 bridgehead atoms. The first-order valence-corrected chi connectivity index (χ1v) is 8.85. The van der Waals surface area contributed by atoms with Crippen molar-refractivity contribution in [1.82, 2.24) is 9.97 Å². The first-order valence-electron chi connectivity index (χ1n) is 6.58. The molecule has 2 aromatic carbocycles. The van der Waals surface area contributed by atoms with Crippen molar-refractivity contribution in [3.63, 3.8) is 0 Å². The average Bonchev–Trinajstić information content (AvgIpc) is 2.87. The molecule has 0 radical (unpaired) electrons. The minimum Gasteiger partial charge on any atom is -0.323 e. The molecule has 0 aliphatic heterocycles. The fourth-order valence-corrected chi connectivity index (χ4v) is 3.79. The van der Waals surface area contributed by atoms with Gasteiger partial charge in [0.1, 0.15) is 0 Å². The highest BCUT2D eigenvalue weighted by Crippen LogP contribution is 2.22. The number of aromatic amines is 1. The summed E-state index contributed by atoms with van der Waals surface area (Å²) in [4.78, 5) is 7.24. The number of nitrogens with one attached hydrogen (secondary N) is 2. The number of aryl methyl sites for hydroxylation is 1. The lowest BCUT2D eigenvalue weighted by atomic mass is 10.2. The van der Waals surface area contributed by atoms with Crippen LogP contribution in [0, 0.1) is 18.3 Å². The van der Waals surface area contributed by atoms with Crippen LogP contribution in [-0.4, -0.2) is 18.4 Å². The van der Waals surface area contributed by atoms with Crippen molar-refractivity contribution in [2.75, 3.05) is 4.72 Å². The van der Waals surface area contributed by atoms with Crippen LogP contribution in [0.5, 0.6) is 0 Å². The molecule has 116 valence electrons. The first-order chi connectivity index (χ1) is 10.9. The van der Waals surface area contributed by atoms with Crippen molar-refractivity contribution in [3.05, 3.63) is 52.0 Å². The lowest BCUT2D eigenvalue weighted by Gasteiger charge is -2.08. The summed E-state index contributed by atoms with van der Waals surface area (Å²) in [6.07, 6.45) is 0. The number of hydrogen-bond donors (Lipinski definition) is 2. The second kappa shape index (κ2) is 5.68. The van der Waals surface area contributed by atoms with Gasteiger partial charge in [0.15, 0.2) is 0 Å². The Kier molecular flexibility index (Phi) is 3.83. The Morgan fingerprint density at radius 3 is 2.74 bits per heavy atom. The summed E-state index contributed by atoms with van der Waals surface area (Å²) in [6.45, 7) is 1.64. The summed E-state index contributed by atoms with van der Waals surface area (Å²) in [5, 5.41) is 8.86. The molecule has 0 aliphatic carbocycles. The number of imidazole rings is 1. The van der Waals surface area contributed by atoms with Gasteiger partial charge in [-0.1, -0.05) is 15.9 Å². The van der Waals surface area contributed by atoms with Crippen molar-refractivity contribution in [3.8, 4) is 6.07 Å². The van der Waals surface area contributed by atoms with Gasteiger partial charge in [0.25, 0.3) is 10.0 Å². The Morgan fingerprint density at radius 1 is 1.26 bits per heavy atom. The number of nitrogens with zero attached hydrogens (tertiary/aromatic N) is 2. The lowest BCUT2D eigenvalue weighted by molar-refractivity contribution is 0.600. The van der Waals surface area contributed by atoms with Gasteiger partial charge in [-0.25, -0.2) is 18.1 Å². The zero-order valence-electron chi connectivity index (χ0n) is 12.0. The van der Waals surface area contributed by atoms with Gasteiger partial charge < -0.3 is 4.98 Å². The maximum atomic E-state index is 12.5. The second-order valence-corrected chi connectivity index (χ2v) is 7.51. The van der Waals surface area contributed by atoms with Crippen LogP contribution in [0.1, 0.15) is 11.1 Å². The molecule has 0 fully saturated rings. The van der Waals surface area contributed by atoms with Crippen molar-refractivity contribution in [2.24, 2.45) is 0 Å². The Balaban J connectivity index is 1.98. The van der Waals surface area contributed by atoms with Gasteiger partial charge in [-0.05, 0) is 48.9 Å². The molecular formula is C15H11BrN4O2S. The molecule has 8 heteroatoms. The SMILES string of the molecule is Cc1cc(C#N)ccc1S(=O)(=O)Nc1nc2ccc(Br)cc2[nH]1. The predicted molar refractivity (Wildman–Crippen MR) is 90.5 cm³/mol. The molecule has 0 aliphatic rings. The fourth-order valence-electron chi connectivity index (χ4n) is 2.23.